The summed E-state index contributed by atoms with van der Waals surface area (Å²) in [5.41, 5.74) is 0. The molecule has 12 heteroatoms. The fraction of sp³-hybridized carbons (Fsp3) is 0.909. The SMILES string of the molecule is C[Si](C)(C)OCCOCCOCCOCCOCCOCCOCCCNC(=O)CCC(=O)O. The van der Waals surface area contributed by atoms with Crippen molar-refractivity contribution in [1.29, 1.82) is 0 Å². The van der Waals surface area contributed by atoms with E-state index in [0.29, 0.717) is 98.9 Å². The van der Waals surface area contributed by atoms with E-state index in [1.165, 1.54) is 0 Å². The second-order valence-electron chi connectivity index (χ2n) is 8.23. The average molecular weight is 512 g/mol. The summed E-state index contributed by atoms with van der Waals surface area (Å²) in [4.78, 5) is 21.7. The van der Waals surface area contributed by atoms with Gasteiger partial charge in [-0.25, -0.2) is 0 Å². The molecule has 11 nitrogen and oxygen atoms in total. The first kappa shape index (κ1) is 32.9. The molecular formula is C22H45NO10Si. The van der Waals surface area contributed by atoms with Crippen LogP contribution in [0, 0.1) is 0 Å². The number of aliphatic carboxylic acids is 1. The molecule has 0 saturated carbocycles. The van der Waals surface area contributed by atoms with E-state index in [2.05, 4.69) is 25.0 Å². The lowest BCUT2D eigenvalue weighted by Crippen LogP contribution is -2.27. The van der Waals surface area contributed by atoms with Crippen molar-refractivity contribution in [2.24, 2.45) is 0 Å². The molecule has 0 spiro atoms. The zero-order chi connectivity index (χ0) is 25.3. The van der Waals surface area contributed by atoms with Crippen LogP contribution in [0.3, 0.4) is 0 Å². The Bertz CT molecular complexity index is 491. The molecule has 34 heavy (non-hydrogen) atoms. The Morgan fingerprint density at radius 2 is 1.00 bits per heavy atom. The van der Waals surface area contributed by atoms with Crippen LogP contribution in [0.1, 0.15) is 19.3 Å². The van der Waals surface area contributed by atoms with Gasteiger partial charge < -0.3 is 43.3 Å². The molecule has 1 amide bonds. The highest BCUT2D eigenvalue weighted by atomic mass is 28.4. The van der Waals surface area contributed by atoms with Crippen molar-refractivity contribution >= 4 is 20.2 Å². The Labute approximate surface area is 204 Å². The molecule has 0 aromatic rings. The molecule has 0 radical (unpaired) electrons. The minimum Gasteiger partial charge on any atom is -0.481 e. The van der Waals surface area contributed by atoms with Crippen LogP contribution >= 0.6 is 0 Å². The number of rotatable bonds is 26. The molecule has 0 heterocycles. The van der Waals surface area contributed by atoms with Crippen LogP contribution in [0.25, 0.3) is 0 Å². The van der Waals surface area contributed by atoms with Gasteiger partial charge >= 0.3 is 5.97 Å². The van der Waals surface area contributed by atoms with Gasteiger partial charge in [0.05, 0.1) is 85.7 Å². The third kappa shape index (κ3) is 28.9. The van der Waals surface area contributed by atoms with E-state index in [4.69, 9.17) is 38.0 Å². The number of carbonyl (C=O) groups is 2. The molecule has 0 saturated heterocycles. The fourth-order valence-corrected chi connectivity index (χ4v) is 3.02. The zero-order valence-corrected chi connectivity index (χ0v) is 22.1. The Morgan fingerprint density at radius 1 is 0.618 bits per heavy atom. The molecule has 0 atom stereocenters. The third-order valence-corrected chi connectivity index (χ3v) is 5.05. The van der Waals surface area contributed by atoms with E-state index >= 15 is 0 Å². The van der Waals surface area contributed by atoms with Gasteiger partial charge in [-0.3, -0.25) is 9.59 Å². The average Bonchev–Trinajstić information content (AvgIpc) is 2.77. The maximum atomic E-state index is 11.3. The Balaban J connectivity index is 3.11. The molecule has 202 valence electrons. The first-order chi connectivity index (χ1) is 16.3. The predicted octanol–water partition coefficient (Wildman–Crippen LogP) is 1.31. The minimum absolute atomic E-state index is 0.00161. The smallest absolute Gasteiger partial charge is 0.303 e. The van der Waals surface area contributed by atoms with Crippen LogP contribution in [-0.4, -0.2) is 118 Å². The summed E-state index contributed by atoms with van der Waals surface area (Å²) >= 11 is 0. The topological polar surface area (TPSA) is 131 Å². The van der Waals surface area contributed by atoms with E-state index < -0.39 is 14.3 Å². The molecular weight excluding hydrogens is 466 g/mol. The summed E-state index contributed by atoms with van der Waals surface area (Å²) in [7, 11) is -1.45. The van der Waals surface area contributed by atoms with E-state index in [0.717, 1.165) is 0 Å². The first-order valence-electron chi connectivity index (χ1n) is 11.9. The van der Waals surface area contributed by atoms with Crippen molar-refractivity contribution < 1.29 is 47.5 Å². The van der Waals surface area contributed by atoms with Gasteiger partial charge in [0.1, 0.15) is 0 Å². The van der Waals surface area contributed by atoms with E-state index in [-0.39, 0.29) is 18.7 Å². The van der Waals surface area contributed by atoms with Crippen LogP contribution in [0.15, 0.2) is 0 Å². The monoisotopic (exact) mass is 511 g/mol. The van der Waals surface area contributed by atoms with Gasteiger partial charge in [0.2, 0.25) is 5.91 Å². The Kier molecular flexibility index (Phi) is 22.8. The highest BCUT2D eigenvalue weighted by Gasteiger charge is 2.13. The second kappa shape index (κ2) is 23.6. The van der Waals surface area contributed by atoms with Gasteiger partial charge in [0.15, 0.2) is 8.32 Å². The summed E-state index contributed by atoms with van der Waals surface area (Å²) in [6, 6.07) is 0. The highest BCUT2D eigenvalue weighted by Crippen LogP contribution is 2.01. The van der Waals surface area contributed by atoms with Crippen molar-refractivity contribution in [2.45, 2.75) is 38.9 Å². The number of carboxylic acid groups (broad SMARTS) is 1. The number of hydrogen-bond acceptors (Lipinski definition) is 9. The third-order valence-electron chi connectivity index (χ3n) is 3.98. The number of hydrogen-bond donors (Lipinski definition) is 2. The second-order valence-corrected chi connectivity index (χ2v) is 12.7. The molecule has 0 aromatic carbocycles. The lowest BCUT2D eigenvalue weighted by Gasteiger charge is -2.16. The molecule has 0 aromatic heterocycles. The number of ether oxygens (including phenoxy) is 6. The van der Waals surface area contributed by atoms with Crippen LogP contribution in [0.4, 0.5) is 0 Å². The Morgan fingerprint density at radius 3 is 1.38 bits per heavy atom. The summed E-state index contributed by atoms with van der Waals surface area (Å²) in [5.74, 6) is -1.24. The quantitative estimate of drug-likeness (QED) is 0.129. The number of nitrogens with one attached hydrogen (secondary N) is 1. The van der Waals surface area contributed by atoms with Crippen molar-refractivity contribution in [3.63, 3.8) is 0 Å². The van der Waals surface area contributed by atoms with Gasteiger partial charge in [-0.15, -0.1) is 0 Å². The van der Waals surface area contributed by atoms with Crippen molar-refractivity contribution in [3.05, 3.63) is 0 Å². The zero-order valence-electron chi connectivity index (χ0n) is 21.1. The highest BCUT2D eigenvalue weighted by molar-refractivity contribution is 6.69. The molecule has 0 unspecified atom stereocenters. The fourth-order valence-electron chi connectivity index (χ4n) is 2.32. The van der Waals surface area contributed by atoms with Crippen LogP contribution in [0.5, 0.6) is 0 Å². The summed E-state index contributed by atoms with van der Waals surface area (Å²) in [6.45, 7) is 13.7. The Hall–Kier alpha value is -1.12. The van der Waals surface area contributed by atoms with E-state index in [9.17, 15) is 9.59 Å². The molecule has 0 rings (SSSR count). The summed E-state index contributed by atoms with van der Waals surface area (Å²) in [6.07, 6.45) is 0.505. The van der Waals surface area contributed by atoms with Crippen molar-refractivity contribution in [3.8, 4) is 0 Å². The molecule has 0 aliphatic rings. The maximum absolute atomic E-state index is 11.3. The maximum Gasteiger partial charge on any atom is 0.303 e. The van der Waals surface area contributed by atoms with Gasteiger partial charge in [0, 0.05) is 19.6 Å². The largest absolute Gasteiger partial charge is 0.481 e. The van der Waals surface area contributed by atoms with Crippen molar-refractivity contribution in [1.82, 2.24) is 5.32 Å². The molecule has 0 aliphatic carbocycles. The number of carbonyl (C=O) groups excluding carboxylic acids is 1. The molecule has 0 aliphatic heterocycles. The van der Waals surface area contributed by atoms with Crippen LogP contribution in [0.2, 0.25) is 19.6 Å². The number of amides is 1. The van der Waals surface area contributed by atoms with Crippen LogP contribution < -0.4 is 5.32 Å². The standard InChI is InChI=1S/C22H45NO10Si/c1-34(2,3)33-20-19-32-18-17-31-16-15-30-14-13-29-12-11-28-10-9-27-8-4-7-23-21(24)5-6-22(25)26/h4-20H2,1-3H3,(H,23,24)(H,25,26). The van der Waals surface area contributed by atoms with E-state index in [1.54, 1.807) is 0 Å². The summed E-state index contributed by atoms with van der Waals surface area (Å²) in [5, 5.41) is 11.1. The van der Waals surface area contributed by atoms with Gasteiger partial charge in [-0.2, -0.15) is 0 Å². The predicted molar refractivity (Wildman–Crippen MR) is 129 cm³/mol. The minimum atomic E-state index is -1.45. The number of carboxylic acids is 1. The van der Waals surface area contributed by atoms with Gasteiger partial charge in [-0.05, 0) is 26.1 Å². The molecule has 0 fully saturated rings. The van der Waals surface area contributed by atoms with Gasteiger partial charge in [0.25, 0.3) is 0 Å². The first-order valence-corrected chi connectivity index (χ1v) is 15.3. The van der Waals surface area contributed by atoms with Gasteiger partial charge in [-0.1, -0.05) is 0 Å². The molecule has 0 bridgehead atoms. The van der Waals surface area contributed by atoms with Crippen molar-refractivity contribution in [2.75, 3.05) is 92.4 Å². The van der Waals surface area contributed by atoms with Crippen LogP contribution in [-0.2, 0) is 42.4 Å². The lowest BCUT2D eigenvalue weighted by molar-refractivity contribution is -0.138. The normalized spacial score (nSPS) is 11.6. The lowest BCUT2D eigenvalue weighted by atomic mass is 10.3. The summed E-state index contributed by atoms with van der Waals surface area (Å²) < 4.78 is 38.2. The molecule has 2 N–H and O–H groups in total. The van der Waals surface area contributed by atoms with E-state index in [1.807, 2.05) is 0 Å².